The molecule has 0 saturated carbocycles. The Labute approximate surface area is 121 Å². The monoisotopic (exact) mass is 298 g/mol. The number of esters is 1. The number of benzene rings is 1. The van der Waals surface area contributed by atoms with E-state index in [2.05, 4.69) is 4.74 Å². The maximum Gasteiger partial charge on any atom is 0.341 e. The van der Waals surface area contributed by atoms with Gasteiger partial charge in [-0.05, 0) is 24.6 Å². The van der Waals surface area contributed by atoms with Crippen molar-refractivity contribution in [2.24, 2.45) is 0 Å². The first kappa shape index (κ1) is 16.9. The van der Waals surface area contributed by atoms with E-state index < -0.39 is 30.8 Å². The number of carboxylic acid groups (broad SMARTS) is 1. The van der Waals surface area contributed by atoms with Crippen molar-refractivity contribution in [2.75, 3.05) is 13.2 Å². The van der Waals surface area contributed by atoms with Gasteiger partial charge in [-0.2, -0.15) is 0 Å². The lowest BCUT2D eigenvalue weighted by Gasteiger charge is -2.17. The Morgan fingerprint density at radius 2 is 1.81 bits per heavy atom. The number of aliphatic hydroxyl groups is 2. The Morgan fingerprint density at radius 1 is 1.19 bits per heavy atom. The van der Waals surface area contributed by atoms with E-state index in [1.54, 1.807) is 6.92 Å². The van der Waals surface area contributed by atoms with E-state index >= 15 is 0 Å². The van der Waals surface area contributed by atoms with Crippen LogP contribution in [0.3, 0.4) is 0 Å². The molecule has 0 aliphatic carbocycles. The van der Waals surface area contributed by atoms with Crippen LogP contribution in [0.25, 0.3) is 0 Å². The van der Waals surface area contributed by atoms with Crippen molar-refractivity contribution in [3.8, 4) is 5.75 Å². The number of rotatable bonds is 8. The van der Waals surface area contributed by atoms with Crippen LogP contribution in [0.15, 0.2) is 24.3 Å². The topological polar surface area (TPSA) is 113 Å². The highest BCUT2D eigenvalue weighted by Gasteiger charge is 2.22. The molecule has 1 aromatic rings. The summed E-state index contributed by atoms with van der Waals surface area (Å²) in [7, 11) is 0. The summed E-state index contributed by atoms with van der Waals surface area (Å²) in [5.74, 6) is -1.36. The Bertz CT molecular complexity index is 469. The summed E-state index contributed by atoms with van der Waals surface area (Å²) in [4.78, 5) is 21.6. The van der Waals surface area contributed by atoms with E-state index in [0.717, 1.165) is 0 Å². The summed E-state index contributed by atoms with van der Waals surface area (Å²) in [5, 5.41) is 28.2. The average Bonchev–Trinajstić information content (AvgIpc) is 2.45. The lowest BCUT2D eigenvalue weighted by Crippen LogP contribution is -2.23. The molecule has 0 saturated heterocycles. The van der Waals surface area contributed by atoms with Gasteiger partial charge in [0.15, 0.2) is 6.61 Å². The molecule has 0 radical (unpaired) electrons. The predicted octanol–water partition coefficient (Wildman–Crippen LogP) is 0.497. The number of hydrogen-bond donors (Lipinski definition) is 3. The summed E-state index contributed by atoms with van der Waals surface area (Å²) in [6.07, 6.45) is -2.84. The van der Waals surface area contributed by atoms with Crippen molar-refractivity contribution >= 4 is 11.9 Å². The van der Waals surface area contributed by atoms with Gasteiger partial charge in [0.1, 0.15) is 11.9 Å². The number of carbonyl (C=O) groups is 2. The Morgan fingerprint density at radius 3 is 2.33 bits per heavy atom. The lowest BCUT2D eigenvalue weighted by atomic mass is 10.0. The molecule has 0 aliphatic rings. The van der Waals surface area contributed by atoms with Gasteiger partial charge in [-0.25, -0.2) is 4.79 Å². The fourth-order valence-electron chi connectivity index (χ4n) is 1.63. The molecule has 0 aliphatic heterocycles. The summed E-state index contributed by atoms with van der Waals surface area (Å²) in [6.45, 7) is 1.39. The number of ether oxygens (including phenoxy) is 2. The van der Waals surface area contributed by atoms with Gasteiger partial charge >= 0.3 is 11.9 Å². The number of aliphatic carboxylic acids is 1. The predicted molar refractivity (Wildman–Crippen MR) is 71.8 cm³/mol. The highest BCUT2D eigenvalue weighted by molar-refractivity contribution is 5.70. The fraction of sp³-hybridized carbons (Fsp3) is 0.429. The number of carboxylic acids is 1. The van der Waals surface area contributed by atoms with Crippen LogP contribution in [0, 0.1) is 0 Å². The zero-order chi connectivity index (χ0) is 15.8. The molecule has 21 heavy (non-hydrogen) atoms. The molecule has 1 rings (SSSR count). The van der Waals surface area contributed by atoms with Crippen LogP contribution in [0.1, 0.15) is 25.0 Å². The Kier molecular flexibility index (Phi) is 6.64. The first-order valence-corrected chi connectivity index (χ1v) is 6.40. The number of aliphatic hydroxyl groups excluding tert-OH is 2. The molecule has 1 aromatic carbocycles. The van der Waals surface area contributed by atoms with Crippen LogP contribution < -0.4 is 4.74 Å². The molecule has 0 amide bonds. The first-order chi connectivity index (χ1) is 9.93. The van der Waals surface area contributed by atoms with Crippen molar-refractivity contribution in [1.29, 1.82) is 0 Å². The lowest BCUT2D eigenvalue weighted by molar-refractivity contribution is -0.147. The van der Waals surface area contributed by atoms with Crippen LogP contribution in [-0.2, 0) is 14.3 Å². The highest BCUT2D eigenvalue weighted by Crippen LogP contribution is 2.22. The second-order valence-electron chi connectivity index (χ2n) is 4.27. The minimum atomic E-state index is -1.28. The van der Waals surface area contributed by atoms with E-state index in [4.69, 9.17) is 9.84 Å². The van der Waals surface area contributed by atoms with Crippen molar-refractivity contribution in [1.82, 2.24) is 0 Å². The fourth-order valence-corrected chi connectivity index (χ4v) is 1.63. The van der Waals surface area contributed by atoms with E-state index in [1.807, 2.05) is 0 Å². The second kappa shape index (κ2) is 8.23. The summed E-state index contributed by atoms with van der Waals surface area (Å²) >= 11 is 0. The highest BCUT2D eigenvalue weighted by atomic mass is 16.5. The maximum absolute atomic E-state index is 11.2. The third kappa shape index (κ3) is 5.80. The van der Waals surface area contributed by atoms with Crippen molar-refractivity contribution < 1.29 is 34.4 Å². The van der Waals surface area contributed by atoms with E-state index in [-0.39, 0.29) is 13.0 Å². The largest absolute Gasteiger partial charge is 0.482 e. The van der Waals surface area contributed by atoms with Crippen molar-refractivity contribution in [2.45, 2.75) is 25.6 Å². The third-order valence-corrected chi connectivity index (χ3v) is 2.63. The third-order valence-electron chi connectivity index (χ3n) is 2.63. The molecule has 7 heteroatoms. The van der Waals surface area contributed by atoms with Gasteiger partial charge in [-0.1, -0.05) is 12.1 Å². The molecule has 0 aromatic heterocycles. The number of carbonyl (C=O) groups excluding carboxylic acids is 1. The molecule has 2 atom stereocenters. The molecular formula is C14H18O7. The van der Waals surface area contributed by atoms with Crippen LogP contribution >= 0.6 is 0 Å². The molecule has 2 unspecified atom stereocenters. The minimum Gasteiger partial charge on any atom is -0.482 e. The Hall–Kier alpha value is -2.12. The molecule has 116 valence electrons. The Balaban J connectivity index is 2.59. The smallest absolute Gasteiger partial charge is 0.341 e. The normalized spacial score (nSPS) is 13.3. The summed E-state index contributed by atoms with van der Waals surface area (Å²) < 4.78 is 9.63. The van der Waals surface area contributed by atoms with Gasteiger partial charge in [0.2, 0.25) is 0 Å². The van der Waals surface area contributed by atoms with Gasteiger partial charge in [0.05, 0.1) is 19.1 Å². The zero-order valence-electron chi connectivity index (χ0n) is 11.6. The average molecular weight is 298 g/mol. The van der Waals surface area contributed by atoms with E-state index in [0.29, 0.717) is 11.3 Å². The summed E-state index contributed by atoms with van der Waals surface area (Å²) in [6, 6.07) is 5.91. The summed E-state index contributed by atoms with van der Waals surface area (Å²) in [5.41, 5.74) is 0.384. The SMILES string of the molecule is CCOC(=O)CC(O)C(O)c1ccc(OCC(=O)O)cc1. The maximum atomic E-state index is 11.2. The van der Waals surface area contributed by atoms with Gasteiger partial charge in [0, 0.05) is 0 Å². The molecule has 7 nitrogen and oxygen atoms in total. The zero-order valence-corrected chi connectivity index (χ0v) is 11.6. The molecule has 0 spiro atoms. The van der Waals surface area contributed by atoms with Crippen molar-refractivity contribution in [3.63, 3.8) is 0 Å². The quantitative estimate of drug-likeness (QED) is 0.599. The van der Waals surface area contributed by atoms with Crippen LogP contribution in [0.2, 0.25) is 0 Å². The minimum absolute atomic E-state index is 0.206. The van der Waals surface area contributed by atoms with Crippen LogP contribution in [0.4, 0.5) is 0 Å². The van der Waals surface area contributed by atoms with E-state index in [1.165, 1.54) is 24.3 Å². The van der Waals surface area contributed by atoms with Gasteiger partial charge in [-0.3, -0.25) is 4.79 Å². The molecule has 0 heterocycles. The number of hydrogen-bond acceptors (Lipinski definition) is 6. The second-order valence-corrected chi connectivity index (χ2v) is 4.27. The molecule has 0 fully saturated rings. The molecular weight excluding hydrogens is 280 g/mol. The molecule has 0 bridgehead atoms. The van der Waals surface area contributed by atoms with Crippen LogP contribution in [-0.4, -0.2) is 46.6 Å². The van der Waals surface area contributed by atoms with E-state index in [9.17, 15) is 19.8 Å². The van der Waals surface area contributed by atoms with Gasteiger partial charge < -0.3 is 24.8 Å². The van der Waals surface area contributed by atoms with Gasteiger partial charge in [0.25, 0.3) is 0 Å². The van der Waals surface area contributed by atoms with Crippen molar-refractivity contribution in [3.05, 3.63) is 29.8 Å². The van der Waals surface area contributed by atoms with Crippen LogP contribution in [0.5, 0.6) is 5.75 Å². The standard InChI is InChI=1S/C14H18O7/c1-2-20-13(18)7-11(15)14(19)9-3-5-10(6-4-9)21-8-12(16)17/h3-6,11,14-15,19H,2,7-8H2,1H3,(H,16,17). The van der Waals surface area contributed by atoms with Gasteiger partial charge in [-0.15, -0.1) is 0 Å². The first-order valence-electron chi connectivity index (χ1n) is 6.40. The molecule has 3 N–H and O–H groups in total.